The van der Waals surface area contributed by atoms with Gasteiger partial charge in [-0.3, -0.25) is 9.69 Å². The van der Waals surface area contributed by atoms with Crippen molar-refractivity contribution in [1.29, 1.82) is 0 Å². The van der Waals surface area contributed by atoms with Crippen LogP contribution in [0.15, 0.2) is 29.1 Å². The molecule has 102 valence electrons. The number of pyridine rings is 1. The summed E-state index contributed by atoms with van der Waals surface area (Å²) in [5.41, 5.74) is 3.17. The van der Waals surface area contributed by atoms with Crippen molar-refractivity contribution in [1.82, 2.24) is 9.88 Å². The van der Waals surface area contributed by atoms with Crippen molar-refractivity contribution in [3.05, 3.63) is 45.7 Å². The molecule has 1 aromatic heterocycles. The van der Waals surface area contributed by atoms with E-state index in [0.717, 1.165) is 35.2 Å². The van der Waals surface area contributed by atoms with E-state index >= 15 is 0 Å². The molecule has 0 radical (unpaired) electrons. The van der Waals surface area contributed by atoms with Crippen molar-refractivity contribution in [2.75, 3.05) is 6.54 Å². The molecule has 0 spiro atoms. The van der Waals surface area contributed by atoms with E-state index in [1.54, 1.807) is 0 Å². The second-order valence-corrected chi connectivity index (χ2v) is 4.63. The summed E-state index contributed by atoms with van der Waals surface area (Å²) in [6.07, 6.45) is 0. The predicted molar refractivity (Wildman–Crippen MR) is 80.4 cm³/mol. The van der Waals surface area contributed by atoms with Crippen LogP contribution in [0.4, 0.5) is 0 Å². The van der Waals surface area contributed by atoms with Crippen molar-refractivity contribution in [2.45, 2.75) is 40.3 Å². The number of hydrogen-bond donors (Lipinski definition) is 1. The van der Waals surface area contributed by atoms with Crippen molar-refractivity contribution in [3.8, 4) is 0 Å². The van der Waals surface area contributed by atoms with Gasteiger partial charge < -0.3 is 4.98 Å². The van der Waals surface area contributed by atoms with Gasteiger partial charge in [-0.15, -0.1) is 0 Å². The van der Waals surface area contributed by atoms with Gasteiger partial charge in [0.15, 0.2) is 5.43 Å². The molecule has 1 N–H and O–H groups in total. The van der Waals surface area contributed by atoms with Gasteiger partial charge in [-0.2, -0.15) is 0 Å². The van der Waals surface area contributed by atoms with Crippen LogP contribution in [0.5, 0.6) is 0 Å². The molecule has 0 aliphatic carbocycles. The van der Waals surface area contributed by atoms with E-state index < -0.39 is 0 Å². The Morgan fingerprint density at radius 3 is 2.68 bits per heavy atom. The third kappa shape index (κ3) is 2.19. The van der Waals surface area contributed by atoms with Gasteiger partial charge in [0.2, 0.25) is 0 Å². The molecular formula is C16H22N2O. The number of hydrogen-bond acceptors (Lipinski definition) is 2. The summed E-state index contributed by atoms with van der Waals surface area (Å²) < 4.78 is 0. The van der Waals surface area contributed by atoms with Gasteiger partial charge in [-0.25, -0.2) is 0 Å². The van der Waals surface area contributed by atoms with Crippen molar-refractivity contribution < 1.29 is 0 Å². The zero-order chi connectivity index (χ0) is 14.0. The largest absolute Gasteiger partial charge is 0.357 e. The number of benzene rings is 1. The Morgan fingerprint density at radius 2 is 2.00 bits per heavy atom. The highest BCUT2D eigenvalue weighted by atomic mass is 16.1. The lowest BCUT2D eigenvalue weighted by molar-refractivity contribution is 0.240. The molecule has 0 saturated heterocycles. The molecule has 2 heterocycles. The molecule has 1 aliphatic rings. The molecule has 1 unspecified atom stereocenters. The van der Waals surface area contributed by atoms with E-state index in [4.69, 9.17) is 0 Å². The molecule has 3 heteroatoms. The molecule has 2 aromatic rings. The number of fused-ring (bicyclic) bond motifs is 2. The molecule has 0 amide bonds. The molecule has 0 fully saturated rings. The zero-order valence-corrected chi connectivity index (χ0v) is 12.2. The minimum absolute atomic E-state index is 0.192. The Morgan fingerprint density at radius 1 is 1.32 bits per heavy atom. The first-order chi connectivity index (χ1) is 9.22. The molecule has 1 atom stereocenters. The van der Waals surface area contributed by atoms with Gasteiger partial charge in [0.25, 0.3) is 0 Å². The van der Waals surface area contributed by atoms with Gasteiger partial charge in [0.1, 0.15) is 0 Å². The lowest BCUT2D eigenvalue weighted by Crippen LogP contribution is -2.19. The molecule has 1 aliphatic heterocycles. The average Bonchev–Trinajstić information content (AvgIpc) is 2.79. The molecule has 1 aromatic carbocycles. The highest BCUT2D eigenvalue weighted by Crippen LogP contribution is 2.30. The SMILES string of the molecule is CC.CCN1Cc2c([nH]c3ccccc3c2=O)C1C. The monoisotopic (exact) mass is 258 g/mol. The second kappa shape index (κ2) is 5.57. The molecular weight excluding hydrogens is 236 g/mol. The number of nitrogens with zero attached hydrogens (tertiary/aromatic N) is 1. The van der Waals surface area contributed by atoms with Crippen LogP contribution < -0.4 is 5.43 Å². The van der Waals surface area contributed by atoms with Gasteiger partial charge in [-0.1, -0.05) is 32.9 Å². The van der Waals surface area contributed by atoms with Gasteiger partial charge >= 0.3 is 0 Å². The molecule has 3 rings (SSSR count). The fraction of sp³-hybridized carbons (Fsp3) is 0.438. The normalized spacial score (nSPS) is 18.0. The van der Waals surface area contributed by atoms with Crippen LogP contribution in [0.25, 0.3) is 10.9 Å². The van der Waals surface area contributed by atoms with Crippen LogP contribution in [0.2, 0.25) is 0 Å². The van der Waals surface area contributed by atoms with Crippen molar-refractivity contribution in [3.63, 3.8) is 0 Å². The first-order valence-corrected chi connectivity index (χ1v) is 7.10. The average molecular weight is 258 g/mol. The lowest BCUT2D eigenvalue weighted by atomic mass is 10.1. The van der Waals surface area contributed by atoms with E-state index in [0.29, 0.717) is 6.04 Å². The Hall–Kier alpha value is -1.61. The number of para-hydroxylation sites is 1. The summed E-state index contributed by atoms with van der Waals surface area (Å²) in [4.78, 5) is 18.1. The van der Waals surface area contributed by atoms with Crippen molar-refractivity contribution in [2.24, 2.45) is 0 Å². The number of rotatable bonds is 1. The minimum atomic E-state index is 0.192. The predicted octanol–water partition coefficient (Wildman–Crippen LogP) is 3.45. The highest BCUT2D eigenvalue weighted by molar-refractivity contribution is 5.79. The Kier molecular flexibility index (Phi) is 4.05. The minimum Gasteiger partial charge on any atom is -0.357 e. The van der Waals surface area contributed by atoms with E-state index in [9.17, 15) is 4.79 Å². The topological polar surface area (TPSA) is 36.1 Å². The molecule has 0 saturated carbocycles. The van der Waals surface area contributed by atoms with Gasteiger partial charge in [0.05, 0.1) is 0 Å². The van der Waals surface area contributed by atoms with E-state index in [-0.39, 0.29) is 5.43 Å². The van der Waals surface area contributed by atoms with Crippen LogP contribution in [0, 0.1) is 0 Å². The smallest absolute Gasteiger partial charge is 0.194 e. The quantitative estimate of drug-likeness (QED) is 0.850. The first-order valence-electron chi connectivity index (χ1n) is 7.10. The zero-order valence-electron chi connectivity index (χ0n) is 12.2. The summed E-state index contributed by atoms with van der Waals surface area (Å²) in [6, 6.07) is 8.06. The Labute approximate surface area is 114 Å². The van der Waals surface area contributed by atoms with Crippen LogP contribution >= 0.6 is 0 Å². The van der Waals surface area contributed by atoms with Crippen LogP contribution in [0.1, 0.15) is 45.0 Å². The number of nitrogens with one attached hydrogen (secondary N) is 1. The number of aromatic nitrogens is 1. The maximum atomic E-state index is 12.4. The van der Waals surface area contributed by atoms with Crippen LogP contribution in [-0.4, -0.2) is 16.4 Å². The standard InChI is InChI=1S/C14H16N2O.C2H6/c1-3-16-8-11-13(9(16)2)15-12-7-5-4-6-10(12)14(11)17;1-2/h4-7,9H,3,8H2,1-2H3,(H,15,17);1-2H3. The highest BCUT2D eigenvalue weighted by Gasteiger charge is 2.28. The van der Waals surface area contributed by atoms with Crippen molar-refractivity contribution >= 4 is 10.9 Å². The third-order valence-corrected chi connectivity index (χ3v) is 3.77. The lowest BCUT2D eigenvalue weighted by Gasteiger charge is -2.18. The third-order valence-electron chi connectivity index (χ3n) is 3.77. The molecule has 19 heavy (non-hydrogen) atoms. The second-order valence-electron chi connectivity index (χ2n) is 4.63. The Balaban J connectivity index is 0.000000637. The van der Waals surface area contributed by atoms with E-state index in [2.05, 4.69) is 23.7 Å². The maximum Gasteiger partial charge on any atom is 0.194 e. The first kappa shape index (κ1) is 13.8. The summed E-state index contributed by atoms with van der Waals surface area (Å²) in [5, 5.41) is 0.802. The van der Waals surface area contributed by atoms with Gasteiger partial charge in [0, 0.05) is 34.7 Å². The van der Waals surface area contributed by atoms with Crippen LogP contribution in [0.3, 0.4) is 0 Å². The summed E-state index contributed by atoms with van der Waals surface area (Å²) in [5.74, 6) is 0. The summed E-state index contributed by atoms with van der Waals surface area (Å²) in [6.45, 7) is 10.0. The Bertz CT molecular complexity index is 630. The van der Waals surface area contributed by atoms with E-state index in [1.165, 1.54) is 0 Å². The summed E-state index contributed by atoms with van der Waals surface area (Å²) in [7, 11) is 0. The summed E-state index contributed by atoms with van der Waals surface area (Å²) >= 11 is 0. The molecule has 0 bridgehead atoms. The van der Waals surface area contributed by atoms with Crippen LogP contribution in [-0.2, 0) is 6.54 Å². The fourth-order valence-electron chi connectivity index (χ4n) is 2.72. The molecule has 3 nitrogen and oxygen atoms in total. The number of H-pyrrole nitrogens is 1. The maximum absolute atomic E-state index is 12.4. The fourth-order valence-corrected chi connectivity index (χ4v) is 2.72. The van der Waals surface area contributed by atoms with E-state index in [1.807, 2.05) is 38.1 Å². The number of aromatic amines is 1. The van der Waals surface area contributed by atoms with Gasteiger partial charge in [-0.05, 0) is 25.6 Å².